The van der Waals surface area contributed by atoms with Crippen LogP contribution in [0.5, 0.6) is 0 Å². The topological polar surface area (TPSA) is 97.2 Å². The number of rotatable bonds is 9. The smallest absolute Gasteiger partial charge is 0.243 e. The van der Waals surface area contributed by atoms with Crippen molar-refractivity contribution in [2.45, 2.75) is 33.0 Å². The van der Waals surface area contributed by atoms with Crippen LogP contribution in [0, 0.1) is 17.7 Å². The van der Waals surface area contributed by atoms with Crippen LogP contribution in [0.4, 0.5) is 4.39 Å². The van der Waals surface area contributed by atoms with Crippen LogP contribution in [0.25, 0.3) is 10.9 Å². The third-order valence-corrected chi connectivity index (χ3v) is 6.58. The van der Waals surface area contributed by atoms with Gasteiger partial charge in [-0.15, -0.1) is 0 Å². The zero-order valence-corrected chi connectivity index (χ0v) is 23.3. The number of halogens is 2. The van der Waals surface area contributed by atoms with E-state index in [0.717, 1.165) is 0 Å². The number of allylic oxidation sites excluding steroid dienone is 1. The predicted molar refractivity (Wildman–Crippen MR) is 155 cm³/mol. The Bertz CT molecular complexity index is 1690. The summed E-state index contributed by atoms with van der Waals surface area (Å²) in [6, 6.07) is 11.3. The Labute approximate surface area is 241 Å². The van der Waals surface area contributed by atoms with Gasteiger partial charge in [-0.3, -0.25) is 14.4 Å². The van der Waals surface area contributed by atoms with Gasteiger partial charge in [0.1, 0.15) is 12.4 Å². The van der Waals surface area contributed by atoms with Crippen LogP contribution in [0.1, 0.15) is 41.2 Å². The molecule has 1 N–H and O–H groups in total. The molecule has 10 heteroatoms. The highest BCUT2D eigenvalue weighted by molar-refractivity contribution is 6.30. The minimum atomic E-state index is -0.599. The number of nitrogens with one attached hydrogen (secondary N) is 1. The van der Waals surface area contributed by atoms with Gasteiger partial charge in [-0.2, -0.15) is 0 Å². The average Bonchev–Trinajstić information content (AvgIpc) is 3.32. The van der Waals surface area contributed by atoms with Crippen molar-refractivity contribution in [2.75, 3.05) is 6.54 Å². The van der Waals surface area contributed by atoms with Crippen LogP contribution in [-0.4, -0.2) is 49.6 Å². The van der Waals surface area contributed by atoms with Crippen molar-refractivity contribution < 1.29 is 18.8 Å². The van der Waals surface area contributed by atoms with E-state index in [4.69, 9.17) is 11.6 Å². The molecule has 0 saturated heterocycles. The normalized spacial score (nSPS) is 10.7. The summed E-state index contributed by atoms with van der Waals surface area (Å²) in [4.78, 5) is 48.3. The Morgan fingerprint density at radius 3 is 2.61 bits per heavy atom. The molecule has 0 bridgehead atoms. The first-order valence-electron chi connectivity index (χ1n) is 12.8. The van der Waals surface area contributed by atoms with Crippen molar-refractivity contribution in [1.29, 1.82) is 0 Å². The molecule has 0 aliphatic heterocycles. The number of fused-ring (bicyclic) bond motifs is 1. The third-order valence-electron chi connectivity index (χ3n) is 6.29. The fourth-order valence-electron chi connectivity index (χ4n) is 4.19. The Morgan fingerprint density at radius 2 is 1.90 bits per heavy atom. The van der Waals surface area contributed by atoms with Crippen LogP contribution < -0.4 is 5.32 Å². The molecule has 2 amide bonds. The molecule has 8 nitrogen and oxygen atoms in total. The summed E-state index contributed by atoms with van der Waals surface area (Å²) in [7, 11) is 0. The minimum absolute atomic E-state index is 0.0339. The Hall–Kier alpha value is -4.81. The summed E-state index contributed by atoms with van der Waals surface area (Å²) < 4.78 is 15.8. The van der Waals surface area contributed by atoms with Crippen molar-refractivity contribution in [3.8, 4) is 11.8 Å². The van der Waals surface area contributed by atoms with Crippen molar-refractivity contribution in [3.63, 3.8) is 0 Å². The summed E-state index contributed by atoms with van der Waals surface area (Å²) >= 11 is 5.81. The summed E-state index contributed by atoms with van der Waals surface area (Å²) in [5.41, 5.74) is 1.91. The first kappa shape index (κ1) is 29.2. The molecule has 41 heavy (non-hydrogen) atoms. The molecule has 0 unspecified atom stereocenters. The maximum absolute atomic E-state index is 14.2. The number of aromatic nitrogens is 3. The molecule has 0 fully saturated rings. The second-order valence-corrected chi connectivity index (χ2v) is 9.81. The second-order valence-electron chi connectivity index (χ2n) is 9.40. The molecule has 208 valence electrons. The number of ketones is 1. The highest BCUT2D eigenvalue weighted by atomic mass is 35.5. The van der Waals surface area contributed by atoms with E-state index >= 15 is 0 Å². The molecule has 0 atom stereocenters. The molecule has 0 aliphatic carbocycles. The monoisotopic (exact) mass is 571 g/mol. The molecule has 4 rings (SSSR count). The molecule has 0 aliphatic rings. The van der Waals surface area contributed by atoms with Gasteiger partial charge in [0.25, 0.3) is 0 Å². The highest BCUT2D eigenvalue weighted by Crippen LogP contribution is 2.24. The van der Waals surface area contributed by atoms with Gasteiger partial charge < -0.3 is 14.8 Å². The molecule has 4 aromatic rings. The fraction of sp³-hybridized carbons (Fsp3) is 0.194. The van der Waals surface area contributed by atoms with Gasteiger partial charge in [0.2, 0.25) is 17.6 Å². The van der Waals surface area contributed by atoms with Gasteiger partial charge in [-0.05, 0) is 56.2 Å². The van der Waals surface area contributed by atoms with Crippen LogP contribution >= 0.6 is 11.6 Å². The maximum Gasteiger partial charge on any atom is 0.243 e. The van der Waals surface area contributed by atoms with Crippen molar-refractivity contribution in [1.82, 2.24) is 24.8 Å². The van der Waals surface area contributed by atoms with E-state index < -0.39 is 11.7 Å². The number of hydrogen-bond donors (Lipinski definition) is 1. The number of benzene rings is 2. The van der Waals surface area contributed by atoms with Gasteiger partial charge in [0.15, 0.2) is 5.78 Å². The van der Waals surface area contributed by atoms with E-state index in [-0.39, 0.29) is 48.0 Å². The Balaban J connectivity index is 1.54. The number of nitrogens with zero attached hydrogens (tertiary/aromatic N) is 4. The predicted octanol–water partition coefficient (Wildman–Crippen LogP) is 4.55. The van der Waals surface area contributed by atoms with Gasteiger partial charge >= 0.3 is 0 Å². The third kappa shape index (κ3) is 7.04. The first-order chi connectivity index (χ1) is 19.7. The quantitative estimate of drug-likeness (QED) is 0.181. The lowest BCUT2D eigenvalue weighted by Crippen LogP contribution is -2.45. The maximum atomic E-state index is 14.2. The lowest BCUT2D eigenvalue weighted by Gasteiger charge is -2.26. The molecule has 2 aromatic heterocycles. The average molecular weight is 572 g/mol. The van der Waals surface area contributed by atoms with E-state index in [1.165, 1.54) is 23.1 Å². The fourth-order valence-corrected chi connectivity index (χ4v) is 4.38. The van der Waals surface area contributed by atoms with E-state index in [1.807, 2.05) is 0 Å². The van der Waals surface area contributed by atoms with Crippen molar-refractivity contribution >= 4 is 40.1 Å². The Kier molecular flexibility index (Phi) is 9.27. The van der Waals surface area contributed by atoms with E-state index in [9.17, 15) is 18.8 Å². The summed E-state index contributed by atoms with van der Waals surface area (Å²) in [6.45, 7) is 6.78. The number of amides is 2. The molecular weight excluding hydrogens is 545 g/mol. The molecule has 0 spiro atoms. The number of hydrogen-bond acceptors (Lipinski definition) is 5. The standard InChI is InChI=1S/C31H27ClFN5O3/c1-4-27(39)24-17-37(26-11-9-21(15-23(24)26)10-12-28-34-13-6-14-35-28)19-30(41)38(20(2)3)18-29(40)36-16-22-7-5-8-25(32)31(22)33/h4-9,11,13-15,17,20H,1,16,18-19H2,2-3H3,(H,36,40). The van der Waals surface area contributed by atoms with Crippen LogP contribution in [-0.2, 0) is 22.7 Å². The number of carbonyl (C=O) groups excluding carboxylic acids is 3. The Morgan fingerprint density at radius 1 is 1.15 bits per heavy atom. The zero-order chi connectivity index (χ0) is 29.5. The van der Waals surface area contributed by atoms with E-state index in [2.05, 4.69) is 33.7 Å². The lowest BCUT2D eigenvalue weighted by atomic mass is 10.1. The second kappa shape index (κ2) is 13.0. The van der Waals surface area contributed by atoms with Crippen LogP contribution in [0.2, 0.25) is 5.02 Å². The van der Waals surface area contributed by atoms with E-state index in [1.54, 1.807) is 67.3 Å². The van der Waals surface area contributed by atoms with Gasteiger partial charge in [0.05, 0.1) is 11.6 Å². The largest absolute Gasteiger partial charge is 0.350 e. The molecular formula is C31H27ClFN5O3. The summed E-state index contributed by atoms with van der Waals surface area (Å²) in [5, 5.41) is 3.22. The van der Waals surface area contributed by atoms with Gasteiger partial charge in [-0.1, -0.05) is 36.2 Å². The molecule has 0 radical (unpaired) electrons. The van der Waals surface area contributed by atoms with Gasteiger partial charge in [0, 0.05) is 58.8 Å². The molecule has 2 heterocycles. The van der Waals surface area contributed by atoms with Crippen LogP contribution in [0.3, 0.4) is 0 Å². The molecule has 2 aromatic carbocycles. The highest BCUT2D eigenvalue weighted by Gasteiger charge is 2.23. The van der Waals surface area contributed by atoms with E-state index in [0.29, 0.717) is 27.9 Å². The SMILES string of the molecule is C=CC(=O)c1cn(CC(=O)N(CC(=O)NCc2cccc(Cl)c2F)C(C)C)c2ccc(C#Cc3ncccn3)cc12. The first-order valence-corrected chi connectivity index (χ1v) is 13.1. The minimum Gasteiger partial charge on any atom is -0.350 e. The van der Waals surface area contributed by atoms with Crippen molar-refractivity contribution in [2.24, 2.45) is 0 Å². The zero-order valence-electron chi connectivity index (χ0n) is 22.5. The number of carbonyl (C=O) groups is 3. The van der Waals surface area contributed by atoms with Crippen LogP contribution in [0.15, 0.2) is 73.7 Å². The summed E-state index contributed by atoms with van der Waals surface area (Å²) in [6.07, 6.45) is 6.01. The summed E-state index contributed by atoms with van der Waals surface area (Å²) in [5.74, 6) is 4.58. The van der Waals surface area contributed by atoms with Crippen molar-refractivity contribution in [3.05, 3.63) is 107 Å². The van der Waals surface area contributed by atoms with Gasteiger partial charge in [-0.25, -0.2) is 14.4 Å². The molecule has 0 saturated carbocycles. The lowest BCUT2D eigenvalue weighted by molar-refractivity contribution is -0.138.